The van der Waals surface area contributed by atoms with Crippen LogP contribution < -0.4 is 10.0 Å². The smallest absolute Gasteiger partial charge is 0.461 e. The lowest BCUT2D eigenvalue weighted by molar-refractivity contribution is -0.305. The van der Waals surface area contributed by atoms with Crippen LogP contribution in [0.5, 0.6) is 0 Å². The summed E-state index contributed by atoms with van der Waals surface area (Å²) in [6.07, 6.45) is -16.1. The number of nitrogens with zero attached hydrogens (tertiary/aromatic N) is 2. The molecular formula is C56H97F3N4O20S. The molecule has 4 aliphatic rings. The van der Waals surface area contributed by atoms with E-state index in [-0.39, 0.29) is 43.2 Å². The number of nitrogens with one attached hydrogen (secondary N) is 2. The van der Waals surface area contributed by atoms with Gasteiger partial charge < -0.3 is 77.4 Å². The summed E-state index contributed by atoms with van der Waals surface area (Å²) in [7, 11) is 0.205. The minimum atomic E-state index is -5.87. The molecule has 4 N–H and O–H groups in total. The number of esters is 2. The number of hydrogen-bond acceptors (Lipinski definition) is 22. The number of amides is 1. The molecule has 488 valence electrons. The lowest BCUT2D eigenvalue weighted by Gasteiger charge is -2.45. The highest BCUT2D eigenvalue weighted by molar-refractivity contribution is 7.90. The number of carbonyl (C=O) groups is 4. The number of ketones is 1. The second kappa shape index (κ2) is 30.7. The summed E-state index contributed by atoms with van der Waals surface area (Å²) >= 11 is 0. The molecule has 1 unspecified atom stereocenters. The van der Waals surface area contributed by atoms with Crippen LogP contribution in [-0.2, 0) is 81.3 Å². The quantitative estimate of drug-likeness (QED) is 0.0732. The van der Waals surface area contributed by atoms with E-state index < -0.39 is 179 Å². The van der Waals surface area contributed by atoms with Gasteiger partial charge in [0.1, 0.15) is 43.7 Å². The predicted octanol–water partition coefficient (Wildman–Crippen LogP) is 5.22. The number of ether oxygens (including phenoxy) is 11. The number of oxime groups is 1. The average Bonchev–Trinajstić information content (AvgIpc) is 2.33. The van der Waals surface area contributed by atoms with E-state index in [1.165, 1.54) is 53.7 Å². The lowest BCUT2D eigenvalue weighted by Crippen LogP contribution is -2.59. The van der Waals surface area contributed by atoms with Gasteiger partial charge in [-0.15, -0.1) is 0 Å². The summed E-state index contributed by atoms with van der Waals surface area (Å²) in [5, 5.41) is 29.2. The maximum Gasteiger partial charge on any atom is 0.511 e. The summed E-state index contributed by atoms with van der Waals surface area (Å²) in [5.74, 6) is -8.95. The number of aliphatic hydroxyl groups is 2. The van der Waals surface area contributed by atoms with Crippen LogP contribution in [0.2, 0.25) is 0 Å². The number of hydrogen-bond donors (Lipinski definition) is 4. The van der Waals surface area contributed by atoms with Crippen LogP contribution in [0.25, 0.3) is 0 Å². The molecule has 0 spiro atoms. The summed E-state index contributed by atoms with van der Waals surface area (Å²) in [6, 6.07) is -0.0720. The Hall–Kier alpha value is -3.39. The maximum absolute atomic E-state index is 15.9. The van der Waals surface area contributed by atoms with E-state index in [0.717, 1.165) is 0 Å². The highest BCUT2D eigenvalue weighted by Gasteiger charge is 2.53. The second-order valence-corrected chi connectivity index (χ2v) is 26.7. The highest BCUT2D eigenvalue weighted by Crippen LogP contribution is 2.41. The molecule has 1 amide bonds. The number of halogens is 3. The molecule has 24 nitrogen and oxygen atoms in total. The molecule has 0 aromatic carbocycles. The summed E-state index contributed by atoms with van der Waals surface area (Å²) in [5.41, 5.74) is -9.55. The standard InChI is InChI=1S/C56H97F3N4O20S/c1-27(2)20-39(64)79-45-34(9)44(29(4)25-75-52-48(73-18)47(72-17)41(65)37(12)78-52)81-50(68)36(11)46(80-40-21-30(5)63(16)24-32(7)76-40)33(8)43(82-51-42(66)38(62-74-19)22-31(6)77-51)28(3)23-55(15,49(67)35(45)10)83-53(69)61-54(13,14)26-60-84(70,71)56(57,58)59/h27-37,40-48,51-52,60,65-66H,20-26H2,1-19H3,(H,61,69)/b62-38+/t28-,29?,30-,31+,32-,33+,34-,35+,36+,37+,40-,41+,42+,43-,44+,45+,46-,47+,48+,51-,52+,55-/m0/s1. The Labute approximate surface area is 493 Å². The molecule has 4 rings (SSSR count). The monoisotopic (exact) mass is 1230 g/mol. The first-order valence-electron chi connectivity index (χ1n) is 28.9. The number of carbonyl (C=O) groups excluding carboxylic acids is 4. The molecule has 4 saturated heterocycles. The number of aliphatic hydroxyl groups excluding tert-OH is 2. The normalized spacial score (nSPS) is 38.5. The van der Waals surface area contributed by atoms with Crippen LogP contribution in [0, 0.1) is 41.4 Å². The first-order chi connectivity index (χ1) is 38.8. The van der Waals surface area contributed by atoms with Gasteiger partial charge >= 0.3 is 33.6 Å². The molecule has 28 heteroatoms. The van der Waals surface area contributed by atoms with Gasteiger partial charge in [-0.3, -0.25) is 14.4 Å². The average molecular weight is 1240 g/mol. The molecule has 4 fully saturated rings. The molecular weight excluding hydrogens is 1140 g/mol. The summed E-state index contributed by atoms with van der Waals surface area (Å²) in [6.45, 7) is 23.8. The van der Waals surface area contributed by atoms with Gasteiger partial charge in [-0.05, 0) is 80.7 Å². The fourth-order valence-electron chi connectivity index (χ4n) is 11.7. The van der Waals surface area contributed by atoms with Gasteiger partial charge in [-0.25, -0.2) is 17.9 Å². The van der Waals surface area contributed by atoms with Crippen LogP contribution in [0.15, 0.2) is 5.16 Å². The molecule has 0 aromatic rings. The van der Waals surface area contributed by atoms with E-state index in [0.29, 0.717) is 13.0 Å². The van der Waals surface area contributed by atoms with Crippen molar-refractivity contribution in [1.29, 1.82) is 0 Å². The van der Waals surface area contributed by atoms with Crippen LogP contribution in [0.3, 0.4) is 0 Å². The second-order valence-electron chi connectivity index (χ2n) is 24.9. The number of methoxy groups -OCH3 is 2. The Bertz CT molecular complexity index is 2300. The molecule has 22 atom stereocenters. The zero-order chi connectivity index (χ0) is 63.7. The van der Waals surface area contributed by atoms with Crippen molar-refractivity contribution in [2.45, 2.75) is 238 Å². The topological polar surface area (TPSA) is 293 Å². The Kier molecular flexibility index (Phi) is 26.7. The van der Waals surface area contributed by atoms with Crippen molar-refractivity contribution in [1.82, 2.24) is 14.9 Å². The summed E-state index contributed by atoms with van der Waals surface area (Å²) < 4.78 is 136. The van der Waals surface area contributed by atoms with Crippen molar-refractivity contribution >= 4 is 39.6 Å². The number of rotatable bonds is 19. The van der Waals surface area contributed by atoms with Gasteiger partial charge in [0, 0.05) is 70.4 Å². The third-order valence-corrected chi connectivity index (χ3v) is 17.5. The Morgan fingerprint density at radius 2 is 1.48 bits per heavy atom. The predicted molar refractivity (Wildman–Crippen MR) is 297 cm³/mol. The van der Waals surface area contributed by atoms with E-state index in [4.69, 9.17) is 56.9 Å². The van der Waals surface area contributed by atoms with E-state index in [1.807, 2.05) is 20.9 Å². The molecule has 0 aliphatic carbocycles. The minimum absolute atomic E-state index is 0.0720. The molecule has 0 aromatic heterocycles. The number of Topliss-reactive ketones (excluding diaryl/α,β-unsaturated/α-hetero) is 1. The number of cyclic esters (lactones) is 1. The zero-order valence-electron chi connectivity index (χ0n) is 52.3. The fraction of sp³-hybridized carbons (Fsp3) is 0.911. The van der Waals surface area contributed by atoms with Gasteiger partial charge in [0.25, 0.3) is 0 Å². The third-order valence-electron chi connectivity index (χ3n) is 16.4. The molecule has 84 heavy (non-hydrogen) atoms. The van der Waals surface area contributed by atoms with Crippen molar-refractivity contribution in [3.63, 3.8) is 0 Å². The molecule has 0 bridgehead atoms. The van der Waals surface area contributed by atoms with Crippen molar-refractivity contribution < 1.29 is 108 Å². The third kappa shape index (κ3) is 19.1. The van der Waals surface area contributed by atoms with E-state index in [9.17, 15) is 41.4 Å². The number of alkyl carbamates (subject to hydrolysis) is 1. The van der Waals surface area contributed by atoms with Crippen molar-refractivity contribution in [3.05, 3.63) is 0 Å². The zero-order valence-corrected chi connectivity index (χ0v) is 53.1. The fourth-order valence-corrected chi connectivity index (χ4v) is 12.4. The SMILES string of the molecule is CO/N=C1\C[C@@H](C)O[C@@H](O[C@@H]2[C@@H](C)[C@H](O[C@H]3C[C@H](C)N(C)C[C@H](C)O3)[C@@H](C)C(=O)O[C@H](C(C)CO[C@@H]3O[C@H](C)[C@@H](O)[C@@H](OC)[C@H]3OC)[C@H](C)[C@@H](OC(=O)CC(C)C)[C@@H](C)C(=O)[C@@](C)(OC(=O)NC(C)(C)CNS(=O)(=O)C(F)(F)F)C[C@@H]2C)[C@@H]1O. The van der Waals surface area contributed by atoms with Crippen LogP contribution in [0.1, 0.15) is 130 Å². The van der Waals surface area contributed by atoms with Gasteiger partial charge in [0.15, 0.2) is 30.3 Å². The van der Waals surface area contributed by atoms with Gasteiger partial charge in [0.05, 0.1) is 60.2 Å². The van der Waals surface area contributed by atoms with Crippen molar-refractivity contribution in [2.75, 3.05) is 48.1 Å². The van der Waals surface area contributed by atoms with Gasteiger partial charge in [-0.1, -0.05) is 53.6 Å². The maximum atomic E-state index is 15.9. The first kappa shape index (κ1) is 73.1. The van der Waals surface area contributed by atoms with Crippen LogP contribution >= 0.6 is 0 Å². The van der Waals surface area contributed by atoms with E-state index in [2.05, 4.69) is 15.4 Å². The molecule has 4 aliphatic heterocycles. The molecule has 0 radical (unpaired) electrons. The van der Waals surface area contributed by atoms with Crippen LogP contribution in [0.4, 0.5) is 18.0 Å². The van der Waals surface area contributed by atoms with E-state index in [1.54, 1.807) is 62.3 Å². The molecule has 0 saturated carbocycles. The Morgan fingerprint density at radius 3 is 2.06 bits per heavy atom. The van der Waals surface area contributed by atoms with Gasteiger partial charge in [-0.2, -0.15) is 13.2 Å². The van der Waals surface area contributed by atoms with Crippen LogP contribution in [-0.4, -0.2) is 210 Å². The van der Waals surface area contributed by atoms with Crippen molar-refractivity contribution in [2.24, 2.45) is 46.6 Å². The minimum Gasteiger partial charge on any atom is -0.461 e. The largest absolute Gasteiger partial charge is 0.511 e. The Balaban J connectivity index is 2.01. The van der Waals surface area contributed by atoms with Gasteiger partial charge in [0.2, 0.25) is 0 Å². The summed E-state index contributed by atoms with van der Waals surface area (Å²) in [4.78, 5) is 66.8. The Morgan fingerprint density at radius 1 is 0.845 bits per heavy atom. The van der Waals surface area contributed by atoms with E-state index >= 15 is 9.59 Å². The lowest BCUT2D eigenvalue weighted by atomic mass is 9.74. The first-order valence-corrected chi connectivity index (χ1v) is 30.4. The number of alkyl halides is 3. The van der Waals surface area contributed by atoms with Crippen molar-refractivity contribution in [3.8, 4) is 0 Å². The molecule has 4 heterocycles. The number of likely N-dealkylation sites (N-methyl/N-ethyl adjacent to an activating group) is 1. The highest BCUT2D eigenvalue weighted by atomic mass is 32.2. The number of sulfonamides is 1.